The Morgan fingerprint density at radius 3 is 2.53 bits per heavy atom. The summed E-state index contributed by atoms with van der Waals surface area (Å²) in [6.45, 7) is 10.0. The van der Waals surface area contributed by atoms with Gasteiger partial charge in [0, 0.05) is 25.0 Å². The summed E-state index contributed by atoms with van der Waals surface area (Å²) in [6.07, 6.45) is 2.97. The normalized spacial score (nSPS) is 22.1. The molecule has 0 aromatic carbocycles. The molecule has 7 nitrogen and oxygen atoms in total. The molecule has 1 fully saturated rings. The quantitative estimate of drug-likeness (QED) is 0.735. The number of nitrogens with zero attached hydrogens (tertiary/aromatic N) is 4. The highest BCUT2D eigenvalue weighted by Gasteiger charge is 2.38. The lowest BCUT2D eigenvalue weighted by Crippen LogP contribution is -2.50. The maximum Gasteiger partial charge on any atom is 0.257 e. The molecule has 0 bridgehead atoms. The third-order valence-electron chi connectivity index (χ3n) is 6.87. The third kappa shape index (κ3) is 3.64. The van der Waals surface area contributed by atoms with Crippen LogP contribution in [0.25, 0.3) is 0 Å². The summed E-state index contributed by atoms with van der Waals surface area (Å²) in [5, 5.41) is 0.759. The molecule has 4 heterocycles. The van der Waals surface area contributed by atoms with E-state index in [4.69, 9.17) is 0 Å². The van der Waals surface area contributed by atoms with E-state index >= 15 is 0 Å². The molecule has 1 atom stereocenters. The first-order chi connectivity index (χ1) is 14.3. The van der Waals surface area contributed by atoms with Crippen LogP contribution < -0.4 is 4.90 Å². The van der Waals surface area contributed by atoms with Crippen LogP contribution in [0.15, 0.2) is 0 Å². The van der Waals surface area contributed by atoms with Crippen LogP contribution in [0.4, 0.5) is 5.00 Å². The predicted molar refractivity (Wildman–Crippen MR) is 118 cm³/mol. The zero-order valence-electron chi connectivity index (χ0n) is 18.4. The minimum Gasteiger partial charge on any atom is -0.336 e. The molecule has 30 heavy (non-hydrogen) atoms. The molecule has 3 aliphatic heterocycles. The first-order valence-electron chi connectivity index (χ1n) is 11.0. The zero-order valence-corrected chi connectivity index (χ0v) is 19.3. The largest absolute Gasteiger partial charge is 0.336 e. The second-order valence-corrected chi connectivity index (χ2v) is 9.97. The van der Waals surface area contributed by atoms with Crippen molar-refractivity contribution in [2.24, 2.45) is 5.92 Å². The molecule has 1 aromatic rings. The van der Waals surface area contributed by atoms with Crippen LogP contribution in [0.3, 0.4) is 0 Å². The Kier molecular flexibility index (Phi) is 5.90. The molecule has 4 rings (SSSR count). The van der Waals surface area contributed by atoms with Crippen LogP contribution in [-0.4, -0.2) is 78.2 Å². The number of likely N-dealkylation sites (tertiary alicyclic amines) is 1. The SMILES string of the molecule is CCN1C(=O)CN(C)C(=O)c2c1sc1c2CCN(C(=O)C(C)N2CCC(C)CC2)C1. The van der Waals surface area contributed by atoms with Crippen LogP contribution in [0.2, 0.25) is 0 Å². The molecule has 0 N–H and O–H groups in total. The van der Waals surface area contributed by atoms with Gasteiger partial charge in [-0.3, -0.25) is 19.3 Å². The van der Waals surface area contributed by atoms with E-state index < -0.39 is 0 Å². The number of piperidine rings is 1. The smallest absolute Gasteiger partial charge is 0.257 e. The second-order valence-electron chi connectivity index (χ2n) is 8.89. The molecule has 3 aliphatic rings. The number of likely N-dealkylation sites (N-methyl/N-ethyl adjacent to an activating group) is 2. The standard InChI is InChI=1S/C22H32N4O3S/c1-5-26-18(27)13-23(4)21(29)19-16-8-11-25(12-17(16)30-22(19)26)20(28)15(3)24-9-6-14(2)7-10-24/h14-15H,5-13H2,1-4H3. The van der Waals surface area contributed by atoms with E-state index in [1.807, 2.05) is 18.7 Å². The molecule has 1 unspecified atom stereocenters. The van der Waals surface area contributed by atoms with Gasteiger partial charge in [-0.2, -0.15) is 0 Å². The Balaban J connectivity index is 1.56. The van der Waals surface area contributed by atoms with Crippen molar-refractivity contribution < 1.29 is 14.4 Å². The Morgan fingerprint density at radius 1 is 1.17 bits per heavy atom. The highest BCUT2D eigenvalue weighted by Crippen LogP contribution is 2.41. The third-order valence-corrected chi connectivity index (χ3v) is 8.11. The van der Waals surface area contributed by atoms with Crippen molar-refractivity contribution in [1.29, 1.82) is 0 Å². The van der Waals surface area contributed by atoms with Crippen LogP contribution in [0, 0.1) is 5.92 Å². The van der Waals surface area contributed by atoms with Crippen LogP contribution in [0.5, 0.6) is 0 Å². The molecule has 1 aromatic heterocycles. The second kappa shape index (κ2) is 8.30. The van der Waals surface area contributed by atoms with Crippen molar-refractivity contribution in [3.8, 4) is 0 Å². The maximum atomic E-state index is 13.2. The van der Waals surface area contributed by atoms with Gasteiger partial charge in [0.05, 0.1) is 18.2 Å². The minimum absolute atomic E-state index is 0.0495. The summed E-state index contributed by atoms with van der Waals surface area (Å²) < 4.78 is 0. The highest BCUT2D eigenvalue weighted by molar-refractivity contribution is 7.17. The van der Waals surface area contributed by atoms with Crippen molar-refractivity contribution in [1.82, 2.24) is 14.7 Å². The van der Waals surface area contributed by atoms with E-state index in [0.29, 0.717) is 31.6 Å². The Bertz CT molecular complexity index is 859. The molecule has 1 saturated heterocycles. The molecule has 0 spiro atoms. The van der Waals surface area contributed by atoms with Gasteiger partial charge in [0.1, 0.15) is 11.5 Å². The lowest BCUT2D eigenvalue weighted by Gasteiger charge is -2.37. The van der Waals surface area contributed by atoms with E-state index in [2.05, 4.69) is 11.8 Å². The Hall–Kier alpha value is -1.93. The molecule has 164 valence electrons. The van der Waals surface area contributed by atoms with Crippen LogP contribution in [0.1, 0.15) is 54.4 Å². The van der Waals surface area contributed by atoms with E-state index in [-0.39, 0.29) is 30.3 Å². The van der Waals surface area contributed by atoms with Crippen LogP contribution >= 0.6 is 11.3 Å². The van der Waals surface area contributed by atoms with Crippen LogP contribution in [-0.2, 0) is 22.6 Å². The first-order valence-corrected chi connectivity index (χ1v) is 11.9. The summed E-state index contributed by atoms with van der Waals surface area (Å²) in [6, 6.07) is -0.113. The van der Waals surface area contributed by atoms with Gasteiger partial charge in [0.2, 0.25) is 11.8 Å². The van der Waals surface area contributed by atoms with Crippen molar-refractivity contribution in [3.05, 3.63) is 16.0 Å². The van der Waals surface area contributed by atoms with Gasteiger partial charge in [0.25, 0.3) is 5.91 Å². The van der Waals surface area contributed by atoms with Crippen molar-refractivity contribution in [3.63, 3.8) is 0 Å². The number of hydrogen-bond acceptors (Lipinski definition) is 5. The number of rotatable bonds is 3. The number of thiophene rings is 1. The fourth-order valence-corrected chi connectivity index (χ4v) is 6.24. The predicted octanol–water partition coefficient (Wildman–Crippen LogP) is 2.19. The summed E-state index contributed by atoms with van der Waals surface area (Å²) >= 11 is 1.51. The Morgan fingerprint density at radius 2 is 1.87 bits per heavy atom. The Labute approximate surface area is 182 Å². The molecular formula is C22H32N4O3S. The van der Waals surface area contributed by atoms with Gasteiger partial charge >= 0.3 is 0 Å². The monoisotopic (exact) mass is 432 g/mol. The van der Waals surface area contributed by atoms with E-state index in [1.54, 1.807) is 11.9 Å². The number of carbonyl (C=O) groups excluding carboxylic acids is 3. The van der Waals surface area contributed by atoms with E-state index in [9.17, 15) is 14.4 Å². The summed E-state index contributed by atoms with van der Waals surface area (Å²) in [5.74, 6) is 0.780. The number of carbonyl (C=O) groups is 3. The van der Waals surface area contributed by atoms with Gasteiger partial charge in [-0.25, -0.2) is 0 Å². The fourth-order valence-electron chi connectivity index (χ4n) is 4.81. The average molecular weight is 433 g/mol. The van der Waals surface area contributed by atoms with Gasteiger partial charge in [-0.05, 0) is 57.7 Å². The lowest BCUT2D eigenvalue weighted by molar-refractivity contribution is -0.137. The summed E-state index contributed by atoms with van der Waals surface area (Å²) in [7, 11) is 1.69. The first kappa shape index (κ1) is 21.3. The fraction of sp³-hybridized carbons (Fsp3) is 0.682. The minimum atomic E-state index is -0.113. The number of hydrogen-bond donors (Lipinski definition) is 0. The molecule has 3 amide bonds. The topological polar surface area (TPSA) is 64.2 Å². The van der Waals surface area contributed by atoms with E-state index in [1.165, 1.54) is 16.2 Å². The van der Waals surface area contributed by atoms with E-state index in [0.717, 1.165) is 47.3 Å². The van der Waals surface area contributed by atoms with Crippen molar-refractivity contribution >= 4 is 34.1 Å². The summed E-state index contributed by atoms with van der Waals surface area (Å²) in [4.78, 5) is 47.4. The zero-order chi connectivity index (χ0) is 21.6. The molecular weight excluding hydrogens is 400 g/mol. The number of anilines is 1. The highest BCUT2D eigenvalue weighted by atomic mass is 32.1. The maximum absolute atomic E-state index is 13.2. The number of fused-ring (bicyclic) bond motifs is 3. The average Bonchev–Trinajstić information content (AvgIpc) is 3.07. The van der Waals surface area contributed by atoms with Crippen molar-refractivity contribution in [2.45, 2.75) is 52.6 Å². The van der Waals surface area contributed by atoms with Gasteiger partial charge in [-0.15, -0.1) is 11.3 Å². The lowest BCUT2D eigenvalue weighted by atomic mass is 9.97. The summed E-state index contributed by atoms with van der Waals surface area (Å²) in [5.41, 5.74) is 1.71. The molecule has 8 heteroatoms. The van der Waals surface area contributed by atoms with Crippen molar-refractivity contribution in [2.75, 3.05) is 44.7 Å². The van der Waals surface area contributed by atoms with Gasteiger partial charge in [0.15, 0.2) is 0 Å². The van der Waals surface area contributed by atoms with Gasteiger partial charge < -0.3 is 14.7 Å². The molecule has 0 radical (unpaired) electrons. The molecule has 0 saturated carbocycles. The number of amides is 3. The van der Waals surface area contributed by atoms with Gasteiger partial charge in [-0.1, -0.05) is 6.92 Å². The molecule has 0 aliphatic carbocycles.